The summed E-state index contributed by atoms with van der Waals surface area (Å²) in [4.78, 5) is 11.7. The maximum atomic E-state index is 12.9. The van der Waals surface area contributed by atoms with Gasteiger partial charge in [0.1, 0.15) is 0 Å². The van der Waals surface area contributed by atoms with Crippen LogP contribution in [0.15, 0.2) is 29.2 Å². The van der Waals surface area contributed by atoms with Crippen molar-refractivity contribution in [3.63, 3.8) is 0 Å². The Bertz CT molecular complexity index is 604. The van der Waals surface area contributed by atoms with Gasteiger partial charge < -0.3 is 0 Å². The molecule has 1 aromatic rings. The van der Waals surface area contributed by atoms with Gasteiger partial charge in [0.2, 0.25) is 10.0 Å². The average Bonchev–Trinajstić information content (AvgIpc) is 2.49. The second kappa shape index (κ2) is 6.71. The monoisotopic (exact) mass is 309 g/mol. The summed E-state index contributed by atoms with van der Waals surface area (Å²) in [7, 11) is -3.53. The Morgan fingerprint density at radius 2 is 1.90 bits per heavy atom. The maximum absolute atomic E-state index is 12.9. The Hall–Kier alpha value is -1.20. The summed E-state index contributed by atoms with van der Waals surface area (Å²) in [5.74, 6) is -0.118. The molecule has 1 aliphatic carbocycles. The number of Topliss-reactive ketones (excluding diaryl/α,β-unsaturated/α-hetero) is 1. The van der Waals surface area contributed by atoms with Crippen LogP contribution in [-0.4, -0.2) is 31.1 Å². The van der Waals surface area contributed by atoms with Gasteiger partial charge in [-0.05, 0) is 31.9 Å². The zero-order valence-electron chi connectivity index (χ0n) is 12.7. The van der Waals surface area contributed by atoms with Gasteiger partial charge in [-0.2, -0.15) is 4.31 Å². The van der Waals surface area contributed by atoms with Gasteiger partial charge in [0.15, 0.2) is 5.78 Å². The highest BCUT2D eigenvalue weighted by atomic mass is 32.2. The fraction of sp³-hybridized carbons (Fsp3) is 0.562. The fourth-order valence-corrected chi connectivity index (χ4v) is 4.74. The zero-order valence-corrected chi connectivity index (χ0v) is 13.5. The van der Waals surface area contributed by atoms with Gasteiger partial charge in [-0.25, -0.2) is 8.42 Å². The number of nitrogens with zero attached hydrogens (tertiary/aromatic N) is 1. The number of hydrogen-bond acceptors (Lipinski definition) is 3. The van der Waals surface area contributed by atoms with Crippen molar-refractivity contribution in [1.82, 2.24) is 4.31 Å². The van der Waals surface area contributed by atoms with Gasteiger partial charge in [-0.1, -0.05) is 38.3 Å². The molecule has 0 aromatic heterocycles. The Balaban J connectivity index is 2.34. The standard InChI is InChI=1S/C16H23NO3S/c1-3-17(15-9-5-4-6-10-15)21(19,20)16-11-7-8-14(12-16)13(2)18/h7-8,11-12,15H,3-6,9-10H2,1-2H3. The van der Waals surface area contributed by atoms with Crippen molar-refractivity contribution in [2.75, 3.05) is 6.54 Å². The highest BCUT2D eigenvalue weighted by Crippen LogP contribution is 2.27. The van der Waals surface area contributed by atoms with E-state index in [1.54, 1.807) is 22.5 Å². The molecule has 2 rings (SSSR count). The minimum atomic E-state index is -3.53. The van der Waals surface area contributed by atoms with E-state index in [1.807, 2.05) is 6.92 Å². The van der Waals surface area contributed by atoms with E-state index in [0.29, 0.717) is 12.1 Å². The lowest BCUT2D eigenvalue weighted by molar-refractivity contribution is 0.101. The largest absolute Gasteiger partial charge is 0.295 e. The molecule has 4 nitrogen and oxygen atoms in total. The Labute approximate surface area is 127 Å². The number of carbonyl (C=O) groups is 1. The Kier molecular flexibility index (Phi) is 5.17. The number of sulfonamides is 1. The van der Waals surface area contributed by atoms with Crippen molar-refractivity contribution in [3.05, 3.63) is 29.8 Å². The molecule has 0 N–H and O–H groups in total. The lowest BCUT2D eigenvalue weighted by Gasteiger charge is -2.32. The van der Waals surface area contributed by atoms with Crippen molar-refractivity contribution in [2.45, 2.75) is 56.9 Å². The molecular weight excluding hydrogens is 286 g/mol. The minimum absolute atomic E-state index is 0.0923. The van der Waals surface area contributed by atoms with E-state index in [-0.39, 0.29) is 16.7 Å². The molecule has 116 valence electrons. The first-order chi connectivity index (χ1) is 9.96. The van der Waals surface area contributed by atoms with Gasteiger partial charge in [-0.15, -0.1) is 0 Å². The molecule has 0 unspecified atom stereocenters. The van der Waals surface area contributed by atoms with Crippen LogP contribution < -0.4 is 0 Å². The van der Waals surface area contributed by atoms with Crippen LogP contribution in [0.4, 0.5) is 0 Å². The molecule has 0 amide bonds. The molecule has 0 spiro atoms. The van der Waals surface area contributed by atoms with Crippen LogP contribution in [0.2, 0.25) is 0 Å². The van der Waals surface area contributed by atoms with E-state index >= 15 is 0 Å². The number of hydrogen-bond donors (Lipinski definition) is 0. The van der Waals surface area contributed by atoms with Crippen LogP contribution in [0, 0.1) is 0 Å². The molecular formula is C16H23NO3S. The Morgan fingerprint density at radius 3 is 2.48 bits per heavy atom. The summed E-state index contributed by atoms with van der Waals surface area (Å²) in [6.45, 7) is 3.79. The van der Waals surface area contributed by atoms with Crippen LogP contribution >= 0.6 is 0 Å². The van der Waals surface area contributed by atoms with E-state index in [9.17, 15) is 13.2 Å². The average molecular weight is 309 g/mol. The third-order valence-corrected chi connectivity index (χ3v) is 6.16. The van der Waals surface area contributed by atoms with Gasteiger partial charge in [0.05, 0.1) is 4.90 Å². The quantitative estimate of drug-likeness (QED) is 0.785. The smallest absolute Gasteiger partial charge is 0.243 e. The summed E-state index contributed by atoms with van der Waals surface area (Å²) in [5.41, 5.74) is 0.441. The van der Waals surface area contributed by atoms with E-state index in [4.69, 9.17) is 0 Å². The predicted molar refractivity (Wildman–Crippen MR) is 82.9 cm³/mol. The lowest BCUT2D eigenvalue weighted by Crippen LogP contribution is -2.41. The van der Waals surface area contributed by atoms with Crippen molar-refractivity contribution in [2.24, 2.45) is 0 Å². The summed E-state index contributed by atoms with van der Waals surface area (Å²) in [6.07, 6.45) is 5.22. The third-order valence-electron chi connectivity index (χ3n) is 4.14. The molecule has 0 heterocycles. The number of rotatable bonds is 5. The van der Waals surface area contributed by atoms with Crippen molar-refractivity contribution >= 4 is 15.8 Å². The fourth-order valence-electron chi connectivity index (χ4n) is 3.00. The molecule has 0 radical (unpaired) electrons. The Morgan fingerprint density at radius 1 is 1.24 bits per heavy atom. The topological polar surface area (TPSA) is 54.5 Å². The van der Waals surface area contributed by atoms with Crippen molar-refractivity contribution in [1.29, 1.82) is 0 Å². The van der Waals surface area contributed by atoms with Gasteiger partial charge >= 0.3 is 0 Å². The highest BCUT2D eigenvalue weighted by Gasteiger charge is 2.31. The lowest BCUT2D eigenvalue weighted by atomic mass is 9.95. The summed E-state index contributed by atoms with van der Waals surface area (Å²) >= 11 is 0. The molecule has 21 heavy (non-hydrogen) atoms. The second-order valence-electron chi connectivity index (χ2n) is 5.58. The van der Waals surface area contributed by atoms with Crippen LogP contribution in [0.25, 0.3) is 0 Å². The first kappa shape index (κ1) is 16.2. The van der Waals surface area contributed by atoms with E-state index in [2.05, 4.69) is 0 Å². The molecule has 0 atom stereocenters. The van der Waals surface area contributed by atoms with Crippen LogP contribution in [-0.2, 0) is 10.0 Å². The molecule has 0 saturated heterocycles. The molecule has 1 aliphatic rings. The summed E-state index contributed by atoms with van der Waals surface area (Å²) in [6, 6.07) is 6.45. The van der Waals surface area contributed by atoms with Gasteiger partial charge in [0, 0.05) is 18.2 Å². The molecule has 0 bridgehead atoms. The zero-order chi connectivity index (χ0) is 15.5. The van der Waals surface area contributed by atoms with Crippen LogP contribution in [0.5, 0.6) is 0 Å². The van der Waals surface area contributed by atoms with Crippen molar-refractivity contribution < 1.29 is 13.2 Å². The van der Waals surface area contributed by atoms with E-state index in [1.165, 1.54) is 19.4 Å². The summed E-state index contributed by atoms with van der Waals surface area (Å²) < 4.78 is 27.3. The third kappa shape index (κ3) is 3.52. The van der Waals surface area contributed by atoms with E-state index < -0.39 is 10.0 Å². The first-order valence-electron chi connectivity index (χ1n) is 7.59. The van der Waals surface area contributed by atoms with Crippen LogP contribution in [0.3, 0.4) is 0 Å². The van der Waals surface area contributed by atoms with E-state index in [0.717, 1.165) is 25.7 Å². The highest BCUT2D eigenvalue weighted by molar-refractivity contribution is 7.89. The van der Waals surface area contributed by atoms with Crippen molar-refractivity contribution in [3.8, 4) is 0 Å². The first-order valence-corrected chi connectivity index (χ1v) is 9.03. The maximum Gasteiger partial charge on any atom is 0.243 e. The van der Waals surface area contributed by atoms with Gasteiger partial charge in [-0.3, -0.25) is 4.79 Å². The van der Waals surface area contributed by atoms with Gasteiger partial charge in [0.25, 0.3) is 0 Å². The number of carbonyl (C=O) groups excluding carboxylic acids is 1. The minimum Gasteiger partial charge on any atom is -0.295 e. The summed E-state index contributed by atoms with van der Waals surface area (Å²) in [5, 5.41) is 0. The molecule has 1 fully saturated rings. The molecule has 1 aromatic carbocycles. The number of benzene rings is 1. The normalized spacial score (nSPS) is 17.1. The number of ketones is 1. The SMILES string of the molecule is CCN(C1CCCCC1)S(=O)(=O)c1cccc(C(C)=O)c1. The predicted octanol–water partition coefficient (Wildman–Crippen LogP) is 3.23. The van der Waals surface area contributed by atoms with Crippen LogP contribution in [0.1, 0.15) is 56.3 Å². The molecule has 5 heteroatoms. The molecule has 1 saturated carbocycles. The second-order valence-corrected chi connectivity index (χ2v) is 7.47. The molecule has 0 aliphatic heterocycles.